The summed E-state index contributed by atoms with van der Waals surface area (Å²) in [5.41, 5.74) is 4.17. The van der Waals surface area contributed by atoms with Gasteiger partial charge in [-0.1, -0.05) is 35.4 Å². The Morgan fingerprint density at radius 1 is 1.04 bits per heavy atom. The van der Waals surface area contributed by atoms with Crippen molar-refractivity contribution in [2.45, 2.75) is 27.3 Å². The van der Waals surface area contributed by atoms with Crippen LogP contribution in [-0.2, 0) is 11.3 Å². The molecule has 0 aliphatic heterocycles. The van der Waals surface area contributed by atoms with Gasteiger partial charge in [0.2, 0.25) is 11.8 Å². The van der Waals surface area contributed by atoms with Crippen LogP contribution in [0.4, 0.5) is 0 Å². The Morgan fingerprint density at radius 3 is 2.44 bits per heavy atom. The van der Waals surface area contributed by atoms with Crippen LogP contribution in [-0.4, -0.2) is 34.7 Å². The van der Waals surface area contributed by atoms with Crippen LogP contribution in [0.2, 0.25) is 0 Å². The van der Waals surface area contributed by atoms with Crippen molar-refractivity contribution < 1.29 is 13.9 Å². The van der Waals surface area contributed by atoms with E-state index in [1.54, 1.807) is 7.05 Å². The molecule has 0 unspecified atom stereocenters. The third-order valence-corrected chi connectivity index (χ3v) is 4.25. The molecule has 3 aromatic rings. The van der Waals surface area contributed by atoms with Gasteiger partial charge in [-0.3, -0.25) is 4.79 Å². The van der Waals surface area contributed by atoms with Crippen LogP contribution in [0.25, 0.3) is 11.5 Å². The second kappa shape index (κ2) is 8.03. The third kappa shape index (κ3) is 4.73. The van der Waals surface area contributed by atoms with Crippen molar-refractivity contribution in [2.75, 3.05) is 13.7 Å². The Labute approximate surface area is 158 Å². The molecule has 0 fully saturated rings. The zero-order valence-electron chi connectivity index (χ0n) is 16.0. The zero-order chi connectivity index (χ0) is 19.4. The second-order valence-electron chi connectivity index (χ2n) is 6.67. The predicted octanol–water partition coefficient (Wildman–Crippen LogP) is 3.70. The van der Waals surface area contributed by atoms with Crippen molar-refractivity contribution >= 4 is 5.91 Å². The van der Waals surface area contributed by atoms with Gasteiger partial charge in [-0.25, -0.2) is 0 Å². The highest BCUT2D eigenvalue weighted by atomic mass is 16.5. The minimum atomic E-state index is -0.162. The minimum Gasteiger partial charge on any atom is -0.484 e. The van der Waals surface area contributed by atoms with E-state index in [-0.39, 0.29) is 19.1 Å². The normalized spacial score (nSPS) is 10.7. The molecule has 0 bridgehead atoms. The van der Waals surface area contributed by atoms with E-state index in [1.165, 1.54) is 4.90 Å². The number of rotatable bonds is 6. The largest absolute Gasteiger partial charge is 0.484 e. The van der Waals surface area contributed by atoms with Gasteiger partial charge in [0, 0.05) is 12.6 Å². The van der Waals surface area contributed by atoms with E-state index in [1.807, 2.05) is 63.2 Å². The molecule has 0 atom stereocenters. The Bertz CT molecular complexity index is 932. The highest BCUT2D eigenvalue weighted by molar-refractivity contribution is 5.77. The van der Waals surface area contributed by atoms with Crippen molar-refractivity contribution in [1.82, 2.24) is 15.1 Å². The number of likely N-dealkylation sites (N-methyl/N-ethyl adjacent to an activating group) is 1. The SMILES string of the molecule is Cc1ccc(-c2nnc(CN(C)C(=O)COc3ccc(C)cc3C)o2)cc1. The molecule has 0 saturated heterocycles. The standard InChI is InChI=1S/C21H23N3O3/c1-14-5-8-17(9-6-14)21-23-22-19(27-21)12-24(4)20(25)13-26-18-10-7-15(2)11-16(18)3/h5-11H,12-13H2,1-4H3. The first-order chi connectivity index (χ1) is 12.9. The maximum absolute atomic E-state index is 12.3. The molecule has 6 nitrogen and oxygen atoms in total. The molecule has 0 spiro atoms. The lowest BCUT2D eigenvalue weighted by Gasteiger charge is -2.16. The number of ether oxygens (including phenoxy) is 1. The summed E-state index contributed by atoms with van der Waals surface area (Å²) in [6.07, 6.45) is 0. The van der Waals surface area contributed by atoms with Gasteiger partial charge in [0.1, 0.15) is 5.75 Å². The lowest BCUT2D eigenvalue weighted by atomic mass is 10.1. The first-order valence-electron chi connectivity index (χ1n) is 8.76. The van der Waals surface area contributed by atoms with E-state index in [2.05, 4.69) is 10.2 Å². The van der Waals surface area contributed by atoms with E-state index in [9.17, 15) is 4.79 Å². The second-order valence-corrected chi connectivity index (χ2v) is 6.67. The Balaban J connectivity index is 1.57. The fraction of sp³-hybridized carbons (Fsp3) is 0.286. The highest BCUT2D eigenvalue weighted by Gasteiger charge is 2.15. The number of amides is 1. The van der Waals surface area contributed by atoms with Crippen LogP contribution in [0.5, 0.6) is 5.75 Å². The average Bonchev–Trinajstić information content (AvgIpc) is 3.09. The fourth-order valence-corrected chi connectivity index (χ4v) is 2.63. The lowest BCUT2D eigenvalue weighted by molar-refractivity contribution is -0.132. The van der Waals surface area contributed by atoms with Crippen LogP contribution in [0.15, 0.2) is 46.9 Å². The number of nitrogens with zero attached hydrogens (tertiary/aromatic N) is 3. The number of aromatic nitrogens is 2. The van der Waals surface area contributed by atoms with Gasteiger partial charge in [-0.05, 0) is 44.5 Å². The minimum absolute atomic E-state index is 0.0423. The predicted molar refractivity (Wildman–Crippen MR) is 102 cm³/mol. The number of carbonyl (C=O) groups excluding carboxylic acids is 1. The molecular weight excluding hydrogens is 342 g/mol. The summed E-state index contributed by atoms with van der Waals surface area (Å²) in [7, 11) is 1.68. The molecule has 3 rings (SSSR count). The smallest absolute Gasteiger partial charge is 0.260 e. The molecule has 0 aliphatic rings. The van der Waals surface area contributed by atoms with E-state index < -0.39 is 0 Å². The summed E-state index contributed by atoms with van der Waals surface area (Å²) >= 11 is 0. The van der Waals surface area contributed by atoms with E-state index in [4.69, 9.17) is 9.15 Å². The summed E-state index contributed by atoms with van der Waals surface area (Å²) in [5.74, 6) is 1.37. The van der Waals surface area contributed by atoms with Crippen molar-refractivity contribution in [3.63, 3.8) is 0 Å². The maximum atomic E-state index is 12.3. The molecule has 6 heteroatoms. The number of aryl methyl sites for hydroxylation is 3. The van der Waals surface area contributed by atoms with Gasteiger partial charge >= 0.3 is 0 Å². The van der Waals surface area contributed by atoms with E-state index >= 15 is 0 Å². The molecule has 1 aromatic heterocycles. The lowest BCUT2D eigenvalue weighted by Crippen LogP contribution is -2.31. The van der Waals surface area contributed by atoms with Crippen LogP contribution < -0.4 is 4.74 Å². The first kappa shape index (κ1) is 18.6. The molecular formula is C21H23N3O3. The fourth-order valence-electron chi connectivity index (χ4n) is 2.63. The van der Waals surface area contributed by atoms with Crippen LogP contribution >= 0.6 is 0 Å². The van der Waals surface area contributed by atoms with Gasteiger partial charge in [-0.2, -0.15) is 0 Å². The molecule has 2 aromatic carbocycles. The topological polar surface area (TPSA) is 68.5 Å². The molecule has 0 aliphatic carbocycles. The summed E-state index contributed by atoms with van der Waals surface area (Å²) in [6.45, 7) is 6.18. The summed E-state index contributed by atoms with van der Waals surface area (Å²) in [5, 5.41) is 8.08. The summed E-state index contributed by atoms with van der Waals surface area (Å²) in [4.78, 5) is 13.8. The van der Waals surface area contributed by atoms with E-state index in [0.29, 0.717) is 17.5 Å². The number of hydrogen-bond donors (Lipinski definition) is 0. The molecule has 1 amide bonds. The molecule has 0 radical (unpaired) electrons. The summed E-state index contributed by atoms with van der Waals surface area (Å²) in [6, 6.07) is 13.7. The zero-order valence-corrected chi connectivity index (χ0v) is 16.0. The number of carbonyl (C=O) groups is 1. The van der Waals surface area contributed by atoms with Crippen LogP contribution in [0.1, 0.15) is 22.6 Å². The number of hydrogen-bond acceptors (Lipinski definition) is 5. The monoisotopic (exact) mass is 365 g/mol. The van der Waals surface area contributed by atoms with Gasteiger partial charge in [-0.15, -0.1) is 10.2 Å². The maximum Gasteiger partial charge on any atom is 0.260 e. The molecule has 0 saturated carbocycles. The van der Waals surface area contributed by atoms with Gasteiger partial charge < -0.3 is 14.1 Å². The van der Waals surface area contributed by atoms with Gasteiger partial charge in [0.05, 0.1) is 6.54 Å². The molecule has 1 heterocycles. The highest BCUT2D eigenvalue weighted by Crippen LogP contribution is 2.20. The average molecular weight is 365 g/mol. The summed E-state index contributed by atoms with van der Waals surface area (Å²) < 4.78 is 11.3. The third-order valence-electron chi connectivity index (χ3n) is 4.25. The van der Waals surface area contributed by atoms with Crippen LogP contribution in [0.3, 0.4) is 0 Å². The molecule has 27 heavy (non-hydrogen) atoms. The van der Waals surface area contributed by atoms with Crippen molar-refractivity contribution in [3.8, 4) is 17.2 Å². The van der Waals surface area contributed by atoms with Gasteiger partial charge in [0.25, 0.3) is 5.91 Å². The molecule has 140 valence electrons. The number of benzene rings is 2. The Kier molecular flexibility index (Phi) is 5.54. The quantitative estimate of drug-likeness (QED) is 0.666. The van der Waals surface area contributed by atoms with Crippen molar-refractivity contribution in [2.24, 2.45) is 0 Å². The Morgan fingerprint density at radius 2 is 1.74 bits per heavy atom. The van der Waals surface area contributed by atoms with Crippen LogP contribution in [0, 0.1) is 20.8 Å². The van der Waals surface area contributed by atoms with E-state index in [0.717, 1.165) is 22.3 Å². The van der Waals surface area contributed by atoms with Gasteiger partial charge in [0.15, 0.2) is 6.61 Å². The Hall–Kier alpha value is -3.15. The molecule has 0 N–H and O–H groups in total. The van der Waals surface area contributed by atoms with Crippen molar-refractivity contribution in [3.05, 3.63) is 65.0 Å². The van der Waals surface area contributed by atoms with Crippen molar-refractivity contribution in [1.29, 1.82) is 0 Å². The first-order valence-corrected chi connectivity index (χ1v) is 8.76.